The molecule has 6 aromatic heterocycles. The lowest BCUT2D eigenvalue weighted by atomic mass is 10.1. The summed E-state index contributed by atoms with van der Waals surface area (Å²) in [6, 6.07) is 82.9. The molecule has 0 fully saturated rings. The monoisotopic (exact) mass is 930 g/mol. The average Bonchev–Trinajstić information content (AvgIpc) is 4.24. The Balaban J connectivity index is 1.05. The van der Waals surface area contributed by atoms with Crippen LogP contribution >= 0.6 is 11.3 Å². The molecule has 15 rings (SSSR count). The van der Waals surface area contributed by atoms with Crippen molar-refractivity contribution in [2.75, 3.05) is 0 Å². The lowest BCUT2D eigenvalue weighted by molar-refractivity contribution is 0.970. The molecule has 70 heavy (non-hydrogen) atoms. The fourth-order valence-electron chi connectivity index (χ4n) is 11.2. The van der Waals surface area contributed by atoms with Gasteiger partial charge in [0.05, 0.1) is 44.1 Å². The quantitative estimate of drug-likeness (QED) is 0.118. The predicted molar refractivity (Wildman–Crippen MR) is 290 cm³/mol. The number of fused-ring (bicyclic) bond motifs is 13. The molecule has 15 aromatic rings. The first-order valence-electron chi connectivity index (χ1n) is 23.5. The summed E-state index contributed by atoms with van der Waals surface area (Å²) in [5.41, 5.74) is 8.88. The lowest BCUT2D eigenvalue weighted by Gasteiger charge is -2.35. The van der Waals surface area contributed by atoms with Crippen molar-refractivity contribution in [2.45, 2.75) is 0 Å². The second kappa shape index (κ2) is 15.0. The van der Waals surface area contributed by atoms with Crippen molar-refractivity contribution in [1.29, 1.82) is 0 Å². The molecule has 0 unspecified atom stereocenters. The number of nitrogens with zero attached hydrogens (tertiary/aromatic N) is 8. The zero-order valence-corrected chi connectivity index (χ0v) is 39.2. The summed E-state index contributed by atoms with van der Waals surface area (Å²) in [4.78, 5) is 21.8. The SMILES string of the molecule is c1ccc([Si](c2ccccc2)(c2cccc(-c3nc(-n4c5ccccc5n5c6ccccc6nc45)cc(-n4c5ccccc5n5c6ccccc6nc45)n3)c2)c2cccc3c2sc2ccccc23)cc1. The summed E-state index contributed by atoms with van der Waals surface area (Å²) in [5, 5.41) is 7.78. The fourth-order valence-corrected chi connectivity index (χ4v) is 17.8. The molecule has 8 nitrogen and oxygen atoms in total. The van der Waals surface area contributed by atoms with Gasteiger partial charge in [0.1, 0.15) is 11.6 Å². The molecule has 0 bridgehead atoms. The highest BCUT2D eigenvalue weighted by Crippen LogP contribution is 2.36. The van der Waals surface area contributed by atoms with Gasteiger partial charge in [0.15, 0.2) is 13.9 Å². The zero-order valence-electron chi connectivity index (χ0n) is 37.4. The van der Waals surface area contributed by atoms with Crippen LogP contribution in [0.3, 0.4) is 0 Å². The number of benzene rings is 9. The smallest absolute Gasteiger partial charge is 0.221 e. The van der Waals surface area contributed by atoms with Crippen molar-refractivity contribution < 1.29 is 0 Å². The van der Waals surface area contributed by atoms with E-state index in [1.54, 1.807) is 0 Å². The van der Waals surface area contributed by atoms with Crippen molar-refractivity contribution in [3.8, 4) is 23.0 Å². The van der Waals surface area contributed by atoms with Crippen LogP contribution in [0.1, 0.15) is 0 Å². The molecule has 328 valence electrons. The van der Waals surface area contributed by atoms with E-state index in [2.05, 4.69) is 236 Å². The Kier molecular flexibility index (Phi) is 8.38. The van der Waals surface area contributed by atoms with Crippen LogP contribution in [-0.4, -0.2) is 45.9 Å². The number of aromatic nitrogens is 8. The summed E-state index contributed by atoms with van der Waals surface area (Å²) >= 11 is 1.90. The van der Waals surface area contributed by atoms with Gasteiger partial charge in [0.25, 0.3) is 0 Å². The van der Waals surface area contributed by atoms with Gasteiger partial charge in [-0.15, -0.1) is 11.3 Å². The molecular formula is C60H38N8SSi. The lowest BCUT2D eigenvalue weighted by Crippen LogP contribution is -2.74. The van der Waals surface area contributed by atoms with E-state index in [4.69, 9.17) is 19.9 Å². The Bertz CT molecular complexity index is 4360. The predicted octanol–water partition coefficient (Wildman–Crippen LogP) is 11.4. The van der Waals surface area contributed by atoms with E-state index in [9.17, 15) is 0 Å². The molecule has 0 aliphatic heterocycles. The molecule has 0 saturated carbocycles. The van der Waals surface area contributed by atoms with Gasteiger partial charge in [-0.25, -0.2) is 19.9 Å². The minimum Gasteiger partial charge on any atom is -0.276 e. The van der Waals surface area contributed by atoms with Gasteiger partial charge in [0.2, 0.25) is 11.6 Å². The summed E-state index contributed by atoms with van der Waals surface area (Å²) < 4.78 is 11.5. The third-order valence-corrected chi connectivity index (χ3v) is 20.3. The van der Waals surface area contributed by atoms with E-state index in [0.29, 0.717) is 17.5 Å². The summed E-state index contributed by atoms with van der Waals surface area (Å²) in [6.45, 7) is 0. The molecule has 0 aliphatic rings. The van der Waals surface area contributed by atoms with Crippen LogP contribution in [0.15, 0.2) is 231 Å². The molecule has 0 radical (unpaired) electrons. The summed E-state index contributed by atoms with van der Waals surface area (Å²) in [6.07, 6.45) is 0. The van der Waals surface area contributed by atoms with Gasteiger partial charge < -0.3 is 0 Å². The maximum absolute atomic E-state index is 5.62. The van der Waals surface area contributed by atoms with Crippen LogP contribution in [0.4, 0.5) is 0 Å². The first-order chi connectivity index (χ1) is 34.7. The third kappa shape index (κ3) is 5.51. The number of hydrogen-bond donors (Lipinski definition) is 0. The third-order valence-electron chi connectivity index (χ3n) is 14.1. The van der Waals surface area contributed by atoms with Crippen molar-refractivity contribution in [1.82, 2.24) is 37.9 Å². The largest absolute Gasteiger partial charge is 0.276 e. The second-order valence-electron chi connectivity index (χ2n) is 17.9. The molecule has 6 heterocycles. The topological polar surface area (TPSA) is 70.2 Å². The van der Waals surface area contributed by atoms with Gasteiger partial charge in [-0.3, -0.25) is 17.9 Å². The standard InChI is InChI=1S/C60H38N8SSi/c1-3-20-40(21-4-1)70(41-22-5-2-6-23-41,54-36-18-26-44-43-25-7-16-35-53(43)69-57(44)54)42-24-17-19-39(37-42)58-63-55(67-51-33-14-12-31-49(51)65-47-29-10-8-27-45(47)61-59(65)67)38-56(64-58)68-52-34-15-13-32-50(52)66-48-30-11-9-28-46(48)62-60(66)68/h1-38H. The van der Waals surface area contributed by atoms with Crippen LogP contribution < -0.4 is 20.7 Å². The summed E-state index contributed by atoms with van der Waals surface area (Å²) in [5.74, 6) is 3.54. The van der Waals surface area contributed by atoms with Gasteiger partial charge in [-0.2, -0.15) is 0 Å². The van der Waals surface area contributed by atoms with Crippen molar-refractivity contribution in [3.05, 3.63) is 231 Å². The Morgan fingerprint density at radius 2 is 0.829 bits per heavy atom. The van der Waals surface area contributed by atoms with Crippen LogP contribution in [0.2, 0.25) is 0 Å². The van der Waals surface area contributed by atoms with Gasteiger partial charge in [-0.1, -0.05) is 170 Å². The zero-order chi connectivity index (χ0) is 45.9. The molecule has 0 amide bonds. The first-order valence-corrected chi connectivity index (χ1v) is 26.3. The van der Waals surface area contributed by atoms with Crippen molar-refractivity contribution in [3.63, 3.8) is 0 Å². The van der Waals surface area contributed by atoms with Gasteiger partial charge in [-0.05, 0) is 75.3 Å². The normalized spacial score (nSPS) is 12.3. The summed E-state index contributed by atoms with van der Waals surface area (Å²) in [7, 11) is -3.09. The van der Waals surface area contributed by atoms with Crippen LogP contribution in [0.25, 0.3) is 98.9 Å². The number of hydrogen-bond acceptors (Lipinski definition) is 5. The Morgan fingerprint density at radius 1 is 0.357 bits per heavy atom. The highest BCUT2D eigenvalue weighted by atomic mass is 32.1. The van der Waals surface area contributed by atoms with E-state index in [1.165, 1.54) is 40.9 Å². The molecule has 0 spiro atoms. The minimum atomic E-state index is -3.09. The molecule has 0 atom stereocenters. The molecule has 9 aromatic carbocycles. The number of para-hydroxylation sites is 8. The molecular weight excluding hydrogens is 893 g/mol. The molecule has 0 aliphatic carbocycles. The number of imidazole rings is 4. The number of rotatable bonds is 7. The van der Waals surface area contributed by atoms with E-state index in [0.717, 1.165) is 61.3 Å². The second-order valence-corrected chi connectivity index (χ2v) is 22.7. The van der Waals surface area contributed by atoms with Crippen LogP contribution in [0, 0.1) is 0 Å². The van der Waals surface area contributed by atoms with Gasteiger partial charge in [0, 0.05) is 31.8 Å². The number of thiophene rings is 1. The molecule has 10 heteroatoms. The van der Waals surface area contributed by atoms with E-state index in [1.807, 2.05) is 23.5 Å². The fraction of sp³-hybridized carbons (Fsp3) is 0. The maximum Gasteiger partial charge on any atom is 0.221 e. The highest BCUT2D eigenvalue weighted by molar-refractivity contribution is 7.30. The molecule has 0 saturated heterocycles. The Labute approximate surface area is 405 Å². The van der Waals surface area contributed by atoms with Crippen molar-refractivity contribution >= 4 is 116 Å². The van der Waals surface area contributed by atoms with E-state index in [-0.39, 0.29) is 0 Å². The highest BCUT2D eigenvalue weighted by Gasteiger charge is 2.43. The van der Waals surface area contributed by atoms with Crippen LogP contribution in [-0.2, 0) is 0 Å². The van der Waals surface area contributed by atoms with E-state index < -0.39 is 8.07 Å². The van der Waals surface area contributed by atoms with Crippen molar-refractivity contribution in [2.24, 2.45) is 0 Å². The Morgan fingerprint density at radius 3 is 1.43 bits per heavy atom. The van der Waals surface area contributed by atoms with Crippen LogP contribution in [0.5, 0.6) is 0 Å². The first kappa shape index (κ1) is 39.1. The minimum absolute atomic E-state index is 0.595. The van der Waals surface area contributed by atoms with Gasteiger partial charge >= 0.3 is 0 Å². The van der Waals surface area contributed by atoms with E-state index >= 15 is 0 Å². The Hall–Kier alpha value is -8.96. The maximum atomic E-state index is 5.62. The average molecular weight is 931 g/mol. The molecule has 0 N–H and O–H groups in total.